The molecule has 4 heteroatoms. The van der Waals surface area contributed by atoms with E-state index in [1.54, 1.807) is 12.1 Å². The van der Waals surface area contributed by atoms with E-state index < -0.39 is 0 Å². The Kier molecular flexibility index (Phi) is 7.22. The number of nitriles is 1. The zero-order valence-corrected chi connectivity index (χ0v) is 29.1. The molecule has 10 aromatic rings. The first-order valence-corrected chi connectivity index (χ1v) is 17.9. The van der Waals surface area contributed by atoms with Crippen LogP contribution in [-0.4, -0.2) is 9.13 Å². The summed E-state index contributed by atoms with van der Waals surface area (Å²) < 4.78 is 4.65. The van der Waals surface area contributed by atoms with Crippen molar-refractivity contribution in [1.29, 1.82) is 5.26 Å². The first kappa shape index (κ1) is 31.1. The highest BCUT2D eigenvalue weighted by molar-refractivity contribution is 6.15. The van der Waals surface area contributed by atoms with Gasteiger partial charge in [0.1, 0.15) is 0 Å². The second-order valence-electron chi connectivity index (χ2n) is 13.6. The number of benzene rings is 8. The molecular weight excluding hydrogens is 657 g/mol. The van der Waals surface area contributed by atoms with Gasteiger partial charge in [-0.1, -0.05) is 121 Å². The summed E-state index contributed by atoms with van der Waals surface area (Å²) in [4.78, 5) is 3.99. The number of rotatable bonds is 5. The molecule has 0 atom stereocenters. The monoisotopic (exact) mass is 686 g/mol. The van der Waals surface area contributed by atoms with E-state index in [9.17, 15) is 5.26 Å². The van der Waals surface area contributed by atoms with E-state index in [0.29, 0.717) is 11.3 Å². The van der Waals surface area contributed by atoms with Gasteiger partial charge in [-0.25, -0.2) is 4.85 Å². The maximum atomic E-state index is 10.1. The van der Waals surface area contributed by atoms with Gasteiger partial charge in [-0.05, 0) is 94.0 Å². The Morgan fingerprint density at radius 2 is 0.981 bits per heavy atom. The van der Waals surface area contributed by atoms with Gasteiger partial charge < -0.3 is 9.13 Å². The molecule has 0 saturated heterocycles. The molecule has 0 bridgehead atoms. The smallest absolute Gasteiger partial charge is 0.195 e. The fourth-order valence-corrected chi connectivity index (χ4v) is 8.08. The minimum absolute atomic E-state index is 0.496. The van der Waals surface area contributed by atoms with Crippen LogP contribution in [0.25, 0.3) is 93.2 Å². The van der Waals surface area contributed by atoms with E-state index in [2.05, 4.69) is 166 Å². The predicted molar refractivity (Wildman–Crippen MR) is 222 cm³/mol. The van der Waals surface area contributed by atoms with Gasteiger partial charge in [-0.15, -0.1) is 0 Å². The van der Waals surface area contributed by atoms with Crippen LogP contribution in [-0.2, 0) is 0 Å². The molecule has 4 nitrogen and oxygen atoms in total. The Hall–Kier alpha value is -7.66. The van der Waals surface area contributed by atoms with Gasteiger partial charge in [-0.2, -0.15) is 5.26 Å². The van der Waals surface area contributed by atoms with Crippen LogP contribution in [0.5, 0.6) is 0 Å². The van der Waals surface area contributed by atoms with Crippen LogP contribution in [0.3, 0.4) is 0 Å². The van der Waals surface area contributed by atoms with Crippen molar-refractivity contribution in [1.82, 2.24) is 9.13 Å². The van der Waals surface area contributed by atoms with Crippen molar-refractivity contribution >= 4 is 49.3 Å². The molecule has 0 aliphatic rings. The maximum Gasteiger partial charge on any atom is 0.195 e. The number of nitrogens with zero attached hydrogens (tertiary/aromatic N) is 4. The number of hydrogen-bond acceptors (Lipinski definition) is 1. The van der Waals surface area contributed by atoms with Crippen molar-refractivity contribution in [2.45, 2.75) is 0 Å². The summed E-state index contributed by atoms with van der Waals surface area (Å²) in [6.45, 7) is 8.24. The van der Waals surface area contributed by atoms with Gasteiger partial charge in [0.05, 0.1) is 46.0 Å². The molecule has 0 unspecified atom stereocenters. The first-order chi connectivity index (χ1) is 26.7. The van der Waals surface area contributed by atoms with E-state index in [0.717, 1.165) is 88.4 Å². The number of aromatic nitrogens is 2. The highest BCUT2D eigenvalue weighted by Crippen LogP contribution is 2.45. The van der Waals surface area contributed by atoms with E-state index in [4.69, 9.17) is 6.57 Å². The van der Waals surface area contributed by atoms with Gasteiger partial charge in [0.15, 0.2) is 5.69 Å². The van der Waals surface area contributed by atoms with Gasteiger partial charge in [-0.3, -0.25) is 0 Å². The van der Waals surface area contributed by atoms with Crippen LogP contribution < -0.4 is 0 Å². The normalized spacial score (nSPS) is 11.3. The molecule has 0 aliphatic carbocycles. The fourth-order valence-electron chi connectivity index (χ4n) is 8.08. The van der Waals surface area contributed by atoms with Crippen molar-refractivity contribution in [2.24, 2.45) is 0 Å². The molecule has 250 valence electrons. The van der Waals surface area contributed by atoms with E-state index >= 15 is 0 Å². The molecule has 0 amide bonds. The first-order valence-electron chi connectivity index (χ1n) is 17.9. The van der Waals surface area contributed by atoms with Crippen molar-refractivity contribution in [3.05, 3.63) is 199 Å². The lowest BCUT2D eigenvalue weighted by Crippen LogP contribution is -1.99. The van der Waals surface area contributed by atoms with Crippen molar-refractivity contribution in [3.63, 3.8) is 0 Å². The van der Waals surface area contributed by atoms with Gasteiger partial charge >= 0.3 is 0 Å². The molecule has 10 rings (SSSR count). The van der Waals surface area contributed by atoms with Gasteiger partial charge in [0.25, 0.3) is 0 Å². The molecule has 2 heterocycles. The largest absolute Gasteiger partial charge is 0.309 e. The number of fused-ring (bicyclic) bond motifs is 6. The summed E-state index contributed by atoms with van der Waals surface area (Å²) in [5, 5.41) is 14.6. The Morgan fingerprint density at radius 3 is 1.59 bits per heavy atom. The van der Waals surface area contributed by atoms with Crippen molar-refractivity contribution in [2.75, 3.05) is 0 Å². The van der Waals surface area contributed by atoms with Crippen molar-refractivity contribution in [3.8, 4) is 50.8 Å². The molecule has 0 radical (unpaired) electrons. The summed E-state index contributed by atoms with van der Waals surface area (Å²) in [5.74, 6) is 0. The fraction of sp³-hybridized carbons (Fsp3) is 0. The van der Waals surface area contributed by atoms with E-state index in [1.807, 2.05) is 24.3 Å². The second-order valence-corrected chi connectivity index (χ2v) is 13.6. The lowest BCUT2D eigenvalue weighted by Gasteiger charge is -2.17. The van der Waals surface area contributed by atoms with Crippen LogP contribution in [0.15, 0.2) is 182 Å². The lowest BCUT2D eigenvalue weighted by atomic mass is 9.97. The molecule has 54 heavy (non-hydrogen) atoms. The number of hydrogen-bond donors (Lipinski definition) is 0. The highest BCUT2D eigenvalue weighted by atomic mass is 15.0. The Labute approximate surface area is 312 Å². The van der Waals surface area contributed by atoms with Crippen LogP contribution in [0.4, 0.5) is 5.69 Å². The second kappa shape index (κ2) is 12.5. The molecule has 2 aromatic heterocycles. The average molecular weight is 687 g/mol. The minimum Gasteiger partial charge on any atom is -0.309 e. The average Bonchev–Trinajstić information content (AvgIpc) is 3.75. The molecule has 8 aromatic carbocycles. The summed E-state index contributed by atoms with van der Waals surface area (Å²) in [5.41, 5.74) is 13.4. The Balaban J connectivity index is 1.36. The summed E-state index contributed by atoms with van der Waals surface area (Å²) in [6.07, 6.45) is 0. The Morgan fingerprint density at radius 1 is 0.426 bits per heavy atom. The summed E-state index contributed by atoms with van der Waals surface area (Å²) in [6, 6.07) is 65.6. The SMILES string of the molecule is [C-]#[N+]c1ccc(C#N)cc1-c1cc2c(cc1-n1c3ccc(-c4ccccc4)cc3c3cc(-c4ccccc4)ccc31)c1ccccc1n2-c1ccccc1. The Bertz CT molecular complexity index is 3060. The molecule has 0 N–H and O–H groups in total. The quantitative estimate of drug-likeness (QED) is 0.166. The molecular formula is C50H30N4. The van der Waals surface area contributed by atoms with E-state index in [1.165, 1.54) is 0 Å². The topological polar surface area (TPSA) is 38.0 Å². The third-order valence-electron chi connectivity index (χ3n) is 10.6. The summed E-state index contributed by atoms with van der Waals surface area (Å²) >= 11 is 0. The predicted octanol–water partition coefficient (Wildman–Crippen LogP) is 13.3. The third-order valence-corrected chi connectivity index (χ3v) is 10.6. The van der Waals surface area contributed by atoms with E-state index in [-0.39, 0.29) is 0 Å². The molecule has 0 spiro atoms. The van der Waals surface area contributed by atoms with Crippen molar-refractivity contribution < 1.29 is 0 Å². The molecule has 0 fully saturated rings. The summed E-state index contributed by atoms with van der Waals surface area (Å²) in [7, 11) is 0. The maximum absolute atomic E-state index is 10.1. The van der Waals surface area contributed by atoms with Crippen LogP contribution >= 0.6 is 0 Å². The van der Waals surface area contributed by atoms with Crippen LogP contribution in [0.2, 0.25) is 0 Å². The van der Waals surface area contributed by atoms with Crippen LogP contribution in [0.1, 0.15) is 5.56 Å². The molecule has 0 aliphatic heterocycles. The standard InChI is InChI=1S/C50H30N4/c1-52-45-24-21-33(32-51)27-40(45)44-31-49-43(39-19-11-12-20-46(39)53(49)38-17-9-4-10-18-38)30-50(44)54-47-25-22-36(34-13-5-2-6-14-34)28-41(47)42-29-37(23-26-48(42)54)35-15-7-3-8-16-35/h2-31H. The third kappa shape index (κ3) is 4.90. The minimum atomic E-state index is 0.496. The zero-order chi connectivity index (χ0) is 36.2. The molecule has 0 saturated carbocycles. The van der Waals surface area contributed by atoms with Gasteiger partial charge in [0.2, 0.25) is 0 Å². The van der Waals surface area contributed by atoms with Gasteiger partial charge in [0, 0.05) is 27.2 Å². The van der Waals surface area contributed by atoms with Crippen LogP contribution in [0, 0.1) is 17.9 Å². The zero-order valence-electron chi connectivity index (χ0n) is 29.1. The number of para-hydroxylation sites is 2. The lowest BCUT2D eigenvalue weighted by molar-refractivity contribution is 1.17. The highest BCUT2D eigenvalue weighted by Gasteiger charge is 2.22.